The van der Waals surface area contributed by atoms with Crippen molar-refractivity contribution >= 4 is 34.2 Å². The van der Waals surface area contributed by atoms with Crippen LogP contribution in [0, 0.1) is 0 Å². The molecule has 0 bridgehead atoms. The van der Waals surface area contributed by atoms with Crippen LogP contribution in [-0.2, 0) is 6.30 Å². The second-order valence-corrected chi connectivity index (χ2v) is 3.57. The number of halogens is 5. The van der Waals surface area contributed by atoms with Crippen molar-refractivity contribution in [3.05, 3.63) is 24.5 Å². The molecule has 94 valence electrons. The van der Waals surface area contributed by atoms with Crippen molar-refractivity contribution in [2.75, 3.05) is 11.8 Å². The molecule has 0 spiro atoms. The minimum Gasteiger partial charge on any atom is -0.237 e. The van der Waals surface area contributed by atoms with Crippen LogP contribution in [0.4, 0.5) is 13.2 Å². The van der Waals surface area contributed by atoms with Gasteiger partial charge in [0.25, 0.3) is 0 Å². The Morgan fingerprint density at radius 1 is 1.24 bits per heavy atom. The third-order valence-corrected chi connectivity index (χ3v) is 2.21. The van der Waals surface area contributed by atoms with Gasteiger partial charge in [0.05, 0.1) is 6.20 Å². The number of aromatic nitrogens is 3. The molecular formula is C9H8Cl2F3N3. The first-order chi connectivity index (χ1) is 8.00. The lowest BCUT2D eigenvalue weighted by atomic mass is 10.4. The van der Waals surface area contributed by atoms with E-state index in [9.17, 15) is 13.2 Å². The molecule has 2 aromatic heterocycles. The summed E-state index contributed by atoms with van der Waals surface area (Å²) in [6, 6.07) is 3.09. The minimum absolute atomic E-state index is 0.0532. The van der Waals surface area contributed by atoms with E-state index in [1.807, 2.05) is 0 Å². The number of rotatable bonds is 1. The summed E-state index contributed by atoms with van der Waals surface area (Å²) in [6.07, 6.45) is -2.07. The first-order valence-corrected chi connectivity index (χ1v) is 5.55. The number of hydrogen-bond acceptors (Lipinski definition) is 2. The maximum Gasteiger partial charge on any atom is 0.506 e. The second kappa shape index (κ2) is 6.07. The summed E-state index contributed by atoms with van der Waals surface area (Å²) in [5.41, 5.74) is -0.171. The lowest BCUT2D eigenvalue weighted by molar-refractivity contribution is -0.209. The summed E-state index contributed by atoms with van der Waals surface area (Å²) in [7, 11) is 0. The van der Waals surface area contributed by atoms with Crippen LogP contribution in [0.2, 0.25) is 0 Å². The van der Waals surface area contributed by atoms with Crippen LogP contribution >= 0.6 is 23.2 Å². The standard InChI is InChI=1S/C7H4F3N3.C2H4Cl2/c8-7(9,10)13-6-5(4-12-13)2-1-3-11-6;3-1-2-4/h1-4H;1-2H2. The fourth-order valence-electron chi connectivity index (χ4n) is 1.05. The van der Waals surface area contributed by atoms with Crippen LogP contribution in [0.1, 0.15) is 0 Å². The molecule has 0 unspecified atom stereocenters. The molecule has 2 heterocycles. The molecule has 0 saturated heterocycles. The average molecular weight is 286 g/mol. The molecule has 0 atom stereocenters. The zero-order valence-electron chi connectivity index (χ0n) is 8.46. The van der Waals surface area contributed by atoms with E-state index in [1.54, 1.807) is 6.07 Å². The van der Waals surface area contributed by atoms with Gasteiger partial charge in [-0.1, -0.05) is 0 Å². The highest BCUT2D eigenvalue weighted by Crippen LogP contribution is 2.24. The molecule has 2 rings (SSSR count). The number of nitrogens with zero attached hydrogens (tertiary/aromatic N) is 3. The van der Waals surface area contributed by atoms with Crippen LogP contribution in [0.15, 0.2) is 24.5 Å². The molecule has 8 heteroatoms. The summed E-state index contributed by atoms with van der Waals surface area (Å²) in [6.45, 7) is 0. The van der Waals surface area contributed by atoms with Gasteiger partial charge in [-0.15, -0.1) is 36.4 Å². The van der Waals surface area contributed by atoms with E-state index in [4.69, 9.17) is 23.2 Å². The van der Waals surface area contributed by atoms with E-state index in [2.05, 4.69) is 10.1 Å². The van der Waals surface area contributed by atoms with Gasteiger partial charge < -0.3 is 0 Å². The van der Waals surface area contributed by atoms with E-state index in [0.29, 0.717) is 17.1 Å². The zero-order chi connectivity index (χ0) is 12.9. The van der Waals surface area contributed by atoms with Gasteiger partial charge in [-0.2, -0.15) is 9.78 Å². The van der Waals surface area contributed by atoms with E-state index in [-0.39, 0.29) is 10.3 Å². The van der Waals surface area contributed by atoms with Gasteiger partial charge in [-0.25, -0.2) is 4.98 Å². The third-order valence-electron chi connectivity index (χ3n) is 1.64. The normalized spacial score (nSPS) is 11.1. The fourth-order valence-corrected chi connectivity index (χ4v) is 1.05. The summed E-state index contributed by atoms with van der Waals surface area (Å²) in [4.78, 5) is 3.59. The van der Waals surface area contributed by atoms with Gasteiger partial charge >= 0.3 is 6.30 Å². The Labute approximate surface area is 105 Å². The SMILES string of the molecule is ClCCCl.FC(F)(F)n1ncc2cccnc21. The van der Waals surface area contributed by atoms with Crippen molar-refractivity contribution in [3.8, 4) is 0 Å². The second-order valence-electron chi connectivity index (χ2n) is 2.82. The predicted octanol–water partition coefficient (Wildman–Crippen LogP) is 3.37. The lowest BCUT2D eigenvalue weighted by Crippen LogP contribution is -2.18. The van der Waals surface area contributed by atoms with Crippen molar-refractivity contribution < 1.29 is 13.2 Å². The smallest absolute Gasteiger partial charge is 0.237 e. The topological polar surface area (TPSA) is 30.7 Å². The van der Waals surface area contributed by atoms with Crippen LogP contribution in [0.5, 0.6) is 0 Å². The molecule has 0 aromatic carbocycles. The van der Waals surface area contributed by atoms with E-state index in [0.717, 1.165) is 6.20 Å². The highest BCUT2D eigenvalue weighted by molar-refractivity contribution is 6.25. The Hall–Kier alpha value is -1.01. The molecular weight excluding hydrogens is 278 g/mol. The van der Waals surface area contributed by atoms with Gasteiger partial charge in [0.15, 0.2) is 5.65 Å². The van der Waals surface area contributed by atoms with Crippen molar-refractivity contribution in [1.82, 2.24) is 14.8 Å². The fraction of sp³-hybridized carbons (Fsp3) is 0.333. The van der Waals surface area contributed by atoms with Gasteiger partial charge in [0.2, 0.25) is 0 Å². The molecule has 0 radical (unpaired) electrons. The Morgan fingerprint density at radius 2 is 1.88 bits per heavy atom. The highest BCUT2D eigenvalue weighted by atomic mass is 35.5. The first-order valence-electron chi connectivity index (χ1n) is 4.48. The molecule has 0 aliphatic rings. The molecule has 17 heavy (non-hydrogen) atoms. The van der Waals surface area contributed by atoms with Crippen molar-refractivity contribution in [3.63, 3.8) is 0 Å². The largest absolute Gasteiger partial charge is 0.506 e. The molecule has 0 fully saturated rings. The summed E-state index contributed by atoms with van der Waals surface area (Å²) < 4.78 is 36.6. The van der Waals surface area contributed by atoms with Gasteiger partial charge in [0.1, 0.15) is 0 Å². The monoisotopic (exact) mass is 285 g/mol. The lowest BCUT2D eigenvalue weighted by Gasteiger charge is -2.05. The zero-order valence-corrected chi connectivity index (χ0v) is 9.97. The number of hydrogen-bond donors (Lipinski definition) is 0. The summed E-state index contributed by atoms with van der Waals surface area (Å²) in [5, 5.41) is 3.57. The molecule has 0 aliphatic heterocycles. The molecule has 3 nitrogen and oxygen atoms in total. The predicted molar refractivity (Wildman–Crippen MR) is 60.3 cm³/mol. The van der Waals surface area contributed by atoms with Crippen molar-refractivity contribution in [2.45, 2.75) is 6.30 Å². The quantitative estimate of drug-likeness (QED) is 0.752. The Kier molecular flexibility index (Phi) is 5.02. The molecule has 0 N–H and O–H groups in total. The Morgan fingerprint density at radius 3 is 2.41 bits per heavy atom. The number of fused-ring (bicyclic) bond motifs is 1. The van der Waals surface area contributed by atoms with E-state index >= 15 is 0 Å². The molecule has 2 aromatic rings. The van der Waals surface area contributed by atoms with Crippen molar-refractivity contribution in [2.24, 2.45) is 0 Å². The third kappa shape index (κ3) is 3.74. The maximum atomic E-state index is 12.2. The summed E-state index contributed by atoms with van der Waals surface area (Å²) >= 11 is 10.1. The highest BCUT2D eigenvalue weighted by Gasteiger charge is 2.33. The molecule has 0 saturated carbocycles. The number of pyridine rings is 1. The average Bonchev–Trinajstić information content (AvgIpc) is 2.72. The van der Waals surface area contributed by atoms with Crippen LogP contribution in [0.3, 0.4) is 0 Å². The van der Waals surface area contributed by atoms with Crippen LogP contribution < -0.4 is 0 Å². The van der Waals surface area contributed by atoms with Gasteiger partial charge in [-0.3, -0.25) is 0 Å². The van der Waals surface area contributed by atoms with Crippen molar-refractivity contribution in [1.29, 1.82) is 0 Å². The minimum atomic E-state index is -4.50. The first kappa shape index (κ1) is 14.1. The van der Waals surface area contributed by atoms with Gasteiger partial charge in [-0.05, 0) is 12.1 Å². The summed E-state index contributed by atoms with van der Waals surface area (Å²) in [5.74, 6) is 1.11. The molecule has 0 amide bonds. The van der Waals surface area contributed by atoms with Gasteiger partial charge in [0, 0.05) is 23.3 Å². The van der Waals surface area contributed by atoms with E-state index in [1.165, 1.54) is 12.3 Å². The Balaban J connectivity index is 0.000000317. The maximum absolute atomic E-state index is 12.2. The number of alkyl halides is 5. The Bertz CT molecular complexity index is 468. The van der Waals surface area contributed by atoms with E-state index < -0.39 is 6.30 Å². The van der Waals surface area contributed by atoms with Crippen LogP contribution in [0.25, 0.3) is 11.0 Å². The van der Waals surface area contributed by atoms with Crippen LogP contribution in [-0.4, -0.2) is 26.5 Å². The molecule has 0 aliphatic carbocycles.